The van der Waals surface area contributed by atoms with Crippen molar-refractivity contribution in [3.05, 3.63) is 52.7 Å². The second kappa shape index (κ2) is 8.97. The first-order valence-electron chi connectivity index (χ1n) is 11.4. The molecule has 0 atom stereocenters. The van der Waals surface area contributed by atoms with Gasteiger partial charge in [0.05, 0.1) is 21.9 Å². The van der Waals surface area contributed by atoms with Gasteiger partial charge in [-0.3, -0.25) is 9.20 Å². The number of nitrogens with one attached hydrogen (secondary N) is 1. The average molecular weight is 437 g/mol. The molecule has 8 heteroatoms. The lowest BCUT2D eigenvalue weighted by Crippen LogP contribution is -2.47. The second-order valence-electron chi connectivity index (χ2n) is 8.57. The van der Waals surface area contributed by atoms with Gasteiger partial charge in [0.1, 0.15) is 12.1 Å². The highest BCUT2D eigenvalue weighted by Crippen LogP contribution is 2.28. The first kappa shape index (κ1) is 21.1. The monoisotopic (exact) mass is 436 g/mol. The summed E-state index contributed by atoms with van der Waals surface area (Å²) in [4.78, 5) is 22.7. The summed E-state index contributed by atoms with van der Waals surface area (Å²) in [6.07, 6.45) is 3.75. The van der Waals surface area contributed by atoms with Crippen molar-refractivity contribution in [2.24, 2.45) is 5.73 Å². The van der Waals surface area contributed by atoms with Gasteiger partial charge < -0.3 is 20.9 Å². The third-order valence-corrected chi connectivity index (χ3v) is 6.51. The standard InChI is InChI=1S/C24H29FN6O/c25-17-3-6-21-18(15-17)24(32)22-19(4-5-20-23(22)31(21)16-28-20)27-8-2-10-30-13-11-29(12-14-30)9-1-7-26/h3-6,15-16,27H,1-2,7-14,26H2. The summed E-state index contributed by atoms with van der Waals surface area (Å²) in [5, 5.41) is 4.40. The first-order chi connectivity index (χ1) is 15.7. The molecule has 0 unspecified atom stereocenters. The molecule has 0 bridgehead atoms. The van der Waals surface area contributed by atoms with E-state index in [4.69, 9.17) is 5.73 Å². The topological polar surface area (TPSA) is 78.9 Å². The summed E-state index contributed by atoms with van der Waals surface area (Å²) < 4.78 is 15.8. The lowest BCUT2D eigenvalue weighted by atomic mass is 10.1. The maximum absolute atomic E-state index is 13.9. The molecule has 4 aromatic rings. The summed E-state index contributed by atoms with van der Waals surface area (Å²) in [6.45, 7) is 8.01. The lowest BCUT2D eigenvalue weighted by Gasteiger charge is -2.34. The molecule has 1 aliphatic rings. The van der Waals surface area contributed by atoms with Crippen LogP contribution in [0.15, 0.2) is 41.5 Å². The largest absolute Gasteiger partial charge is 0.384 e. The predicted molar refractivity (Wildman–Crippen MR) is 127 cm³/mol. The number of rotatable bonds is 8. The van der Waals surface area contributed by atoms with Gasteiger partial charge in [0, 0.05) is 43.8 Å². The summed E-state index contributed by atoms with van der Waals surface area (Å²) in [6, 6.07) is 8.18. The molecule has 0 amide bonds. The fourth-order valence-electron chi connectivity index (χ4n) is 4.78. The van der Waals surface area contributed by atoms with Crippen LogP contribution in [0, 0.1) is 5.82 Å². The molecule has 1 saturated heterocycles. The molecule has 1 aliphatic heterocycles. The van der Waals surface area contributed by atoms with E-state index >= 15 is 0 Å². The molecule has 2 aromatic heterocycles. The second-order valence-corrected chi connectivity index (χ2v) is 8.57. The Kier molecular flexibility index (Phi) is 5.91. The third kappa shape index (κ3) is 3.90. The number of pyridine rings is 1. The van der Waals surface area contributed by atoms with E-state index in [1.165, 1.54) is 12.1 Å². The van der Waals surface area contributed by atoms with Crippen LogP contribution in [0.3, 0.4) is 0 Å². The molecule has 0 radical (unpaired) electrons. The Morgan fingerprint density at radius 2 is 1.78 bits per heavy atom. The maximum Gasteiger partial charge on any atom is 0.199 e. The normalized spacial score (nSPS) is 15.9. The number of benzene rings is 2. The smallest absolute Gasteiger partial charge is 0.199 e. The molecule has 0 aliphatic carbocycles. The summed E-state index contributed by atoms with van der Waals surface area (Å²) in [7, 11) is 0. The van der Waals surface area contributed by atoms with E-state index in [0.717, 1.165) is 81.9 Å². The number of piperazine rings is 1. The summed E-state index contributed by atoms with van der Waals surface area (Å²) in [5.41, 5.74) is 8.46. The Bertz CT molecular complexity index is 1280. The Morgan fingerprint density at radius 3 is 2.53 bits per heavy atom. The molecular weight excluding hydrogens is 407 g/mol. The number of hydrogen-bond donors (Lipinski definition) is 2. The molecule has 5 rings (SSSR count). The van der Waals surface area contributed by atoms with Crippen LogP contribution in [0.4, 0.5) is 10.1 Å². The molecular formula is C24H29FN6O. The number of hydrogen-bond acceptors (Lipinski definition) is 6. The molecule has 0 spiro atoms. The number of imidazole rings is 1. The highest BCUT2D eigenvalue weighted by molar-refractivity contribution is 6.06. The number of fused-ring (bicyclic) bond motifs is 2. The van der Waals surface area contributed by atoms with Gasteiger partial charge in [-0.05, 0) is 62.8 Å². The zero-order chi connectivity index (χ0) is 22.1. The van der Waals surface area contributed by atoms with Crippen LogP contribution in [0.5, 0.6) is 0 Å². The van der Waals surface area contributed by atoms with Crippen molar-refractivity contribution in [2.75, 3.05) is 57.7 Å². The van der Waals surface area contributed by atoms with Gasteiger partial charge in [-0.15, -0.1) is 0 Å². The van der Waals surface area contributed by atoms with E-state index in [0.29, 0.717) is 16.3 Å². The van der Waals surface area contributed by atoms with Crippen molar-refractivity contribution in [3.8, 4) is 0 Å². The predicted octanol–water partition coefficient (Wildman–Crippen LogP) is 2.35. The summed E-state index contributed by atoms with van der Waals surface area (Å²) in [5.74, 6) is -0.412. The molecule has 32 heavy (non-hydrogen) atoms. The van der Waals surface area contributed by atoms with Gasteiger partial charge in [0.25, 0.3) is 0 Å². The van der Waals surface area contributed by atoms with E-state index in [9.17, 15) is 9.18 Å². The highest BCUT2D eigenvalue weighted by Gasteiger charge is 2.18. The van der Waals surface area contributed by atoms with Gasteiger partial charge >= 0.3 is 0 Å². The van der Waals surface area contributed by atoms with Crippen LogP contribution in [-0.2, 0) is 0 Å². The molecule has 0 saturated carbocycles. The molecule has 3 heterocycles. The molecule has 1 fully saturated rings. The maximum atomic E-state index is 13.9. The van der Waals surface area contributed by atoms with Crippen LogP contribution in [0.1, 0.15) is 12.8 Å². The van der Waals surface area contributed by atoms with Crippen LogP contribution < -0.4 is 16.5 Å². The molecule has 2 aromatic carbocycles. The highest BCUT2D eigenvalue weighted by atomic mass is 19.1. The van der Waals surface area contributed by atoms with Gasteiger partial charge in [0.2, 0.25) is 0 Å². The minimum Gasteiger partial charge on any atom is -0.384 e. The van der Waals surface area contributed by atoms with Crippen molar-refractivity contribution in [2.45, 2.75) is 12.8 Å². The minimum atomic E-state index is -0.412. The number of nitrogens with two attached hydrogens (primary N) is 1. The van der Waals surface area contributed by atoms with E-state index in [1.807, 2.05) is 16.5 Å². The molecule has 7 nitrogen and oxygen atoms in total. The van der Waals surface area contributed by atoms with Crippen LogP contribution in [0.2, 0.25) is 0 Å². The van der Waals surface area contributed by atoms with Crippen LogP contribution >= 0.6 is 0 Å². The van der Waals surface area contributed by atoms with Crippen molar-refractivity contribution in [1.29, 1.82) is 0 Å². The first-order valence-corrected chi connectivity index (χ1v) is 11.4. The number of anilines is 1. The number of aromatic nitrogens is 2. The fourth-order valence-corrected chi connectivity index (χ4v) is 4.78. The molecule has 168 valence electrons. The van der Waals surface area contributed by atoms with Gasteiger partial charge in [-0.2, -0.15) is 0 Å². The van der Waals surface area contributed by atoms with Gasteiger partial charge in [0.15, 0.2) is 5.43 Å². The van der Waals surface area contributed by atoms with E-state index in [-0.39, 0.29) is 5.43 Å². The van der Waals surface area contributed by atoms with E-state index < -0.39 is 5.82 Å². The minimum absolute atomic E-state index is 0.158. The number of halogens is 1. The molecule has 3 N–H and O–H groups in total. The van der Waals surface area contributed by atoms with E-state index in [2.05, 4.69) is 20.1 Å². The van der Waals surface area contributed by atoms with Gasteiger partial charge in [-0.1, -0.05) is 0 Å². The average Bonchev–Trinajstić information content (AvgIpc) is 3.24. The van der Waals surface area contributed by atoms with Crippen LogP contribution in [-0.4, -0.2) is 71.5 Å². The zero-order valence-corrected chi connectivity index (χ0v) is 18.2. The number of nitrogens with zero attached hydrogens (tertiary/aromatic N) is 4. The van der Waals surface area contributed by atoms with Gasteiger partial charge in [-0.25, -0.2) is 9.37 Å². The van der Waals surface area contributed by atoms with Crippen LogP contribution in [0.25, 0.3) is 27.3 Å². The lowest BCUT2D eigenvalue weighted by molar-refractivity contribution is 0.132. The fraction of sp³-hybridized carbons (Fsp3) is 0.417. The van der Waals surface area contributed by atoms with Crippen molar-refractivity contribution >= 4 is 33.0 Å². The Balaban J connectivity index is 1.29. The Hall–Kier alpha value is -2.81. The quantitative estimate of drug-likeness (QED) is 0.326. The third-order valence-electron chi connectivity index (χ3n) is 6.51. The SMILES string of the molecule is NCCCN1CCN(CCCNc2ccc3ncn4c5ccc(F)cc5c(=O)c2c34)CC1. The summed E-state index contributed by atoms with van der Waals surface area (Å²) >= 11 is 0. The van der Waals surface area contributed by atoms with E-state index in [1.54, 1.807) is 12.4 Å². The zero-order valence-electron chi connectivity index (χ0n) is 18.2. The van der Waals surface area contributed by atoms with Crippen molar-refractivity contribution < 1.29 is 4.39 Å². The van der Waals surface area contributed by atoms with Crippen molar-refractivity contribution in [3.63, 3.8) is 0 Å². The Labute approximate surface area is 186 Å². The Morgan fingerprint density at radius 1 is 1.03 bits per heavy atom. The van der Waals surface area contributed by atoms with Crippen molar-refractivity contribution in [1.82, 2.24) is 19.2 Å².